The van der Waals surface area contributed by atoms with E-state index in [1.165, 1.54) is 29.5 Å². The van der Waals surface area contributed by atoms with E-state index in [4.69, 9.17) is 0 Å². The average molecular weight is 444 g/mol. The zero-order valence-corrected chi connectivity index (χ0v) is 17.3. The van der Waals surface area contributed by atoms with E-state index in [0.717, 1.165) is 0 Å². The molecule has 0 saturated carbocycles. The number of ketones is 1. The van der Waals surface area contributed by atoms with Gasteiger partial charge in [-0.15, -0.1) is 11.3 Å². The van der Waals surface area contributed by atoms with Crippen LogP contribution in [0.5, 0.6) is 0 Å². The molecule has 2 heterocycles. The molecule has 8 nitrogen and oxygen atoms in total. The van der Waals surface area contributed by atoms with Crippen LogP contribution in [-0.2, 0) is 0 Å². The summed E-state index contributed by atoms with van der Waals surface area (Å²) in [6.07, 6.45) is 4.55. The molecular formula is C23H16N4O4S. The summed E-state index contributed by atoms with van der Waals surface area (Å²) in [7, 11) is 0. The van der Waals surface area contributed by atoms with Crippen molar-refractivity contribution in [2.24, 2.45) is 0 Å². The van der Waals surface area contributed by atoms with E-state index in [1.54, 1.807) is 60.8 Å². The van der Waals surface area contributed by atoms with Gasteiger partial charge in [0, 0.05) is 34.5 Å². The molecular weight excluding hydrogens is 428 g/mol. The molecule has 0 aliphatic heterocycles. The minimum absolute atomic E-state index is 0.0330. The van der Waals surface area contributed by atoms with Gasteiger partial charge in [-0.25, -0.2) is 0 Å². The second kappa shape index (κ2) is 9.19. The molecule has 0 fully saturated rings. The van der Waals surface area contributed by atoms with Crippen molar-refractivity contribution in [1.29, 1.82) is 0 Å². The minimum atomic E-state index is -0.467. The fraction of sp³-hybridized carbons (Fsp3) is 0. The molecule has 158 valence electrons. The first-order valence-corrected chi connectivity index (χ1v) is 10.3. The molecule has 0 bridgehead atoms. The van der Waals surface area contributed by atoms with Crippen LogP contribution in [0.15, 0.2) is 78.3 Å². The van der Waals surface area contributed by atoms with Crippen LogP contribution < -0.4 is 5.32 Å². The molecule has 0 unspecified atom stereocenters. The predicted molar refractivity (Wildman–Crippen MR) is 123 cm³/mol. The highest BCUT2D eigenvalue weighted by molar-refractivity contribution is 7.12. The standard InChI is InChI=1S/C23H16N4O4S/c28-20(15-6-9-18(10-7-15)25-23(29)21-5-2-12-32-21)11-8-17-14-24-26-22(17)16-3-1-4-19(13-16)27(30)31/h1-14H,(H,24,26)(H,25,29)/b11-8+. The largest absolute Gasteiger partial charge is 0.321 e. The Hall–Kier alpha value is -4.37. The third-order valence-corrected chi connectivity index (χ3v) is 5.47. The monoisotopic (exact) mass is 444 g/mol. The van der Waals surface area contributed by atoms with Crippen molar-refractivity contribution in [3.8, 4) is 11.3 Å². The number of carbonyl (C=O) groups excluding carboxylic acids is 2. The van der Waals surface area contributed by atoms with Gasteiger partial charge in [0.15, 0.2) is 5.78 Å². The van der Waals surface area contributed by atoms with Crippen LogP contribution >= 0.6 is 11.3 Å². The number of allylic oxidation sites excluding steroid dienone is 1. The summed E-state index contributed by atoms with van der Waals surface area (Å²) in [5.41, 5.74) is 2.80. The van der Waals surface area contributed by atoms with Gasteiger partial charge in [-0.05, 0) is 47.9 Å². The molecule has 4 rings (SSSR count). The van der Waals surface area contributed by atoms with Gasteiger partial charge in [0.2, 0.25) is 0 Å². The van der Waals surface area contributed by atoms with Crippen LogP contribution in [0.25, 0.3) is 17.3 Å². The molecule has 2 aromatic heterocycles. The van der Waals surface area contributed by atoms with Crippen LogP contribution in [0.2, 0.25) is 0 Å². The number of non-ortho nitro benzene ring substituents is 1. The van der Waals surface area contributed by atoms with E-state index in [9.17, 15) is 19.7 Å². The number of nitro benzene ring substituents is 1. The van der Waals surface area contributed by atoms with Crippen LogP contribution in [0.4, 0.5) is 11.4 Å². The predicted octanol–water partition coefficient (Wildman–Crippen LogP) is 5.19. The summed E-state index contributed by atoms with van der Waals surface area (Å²) < 4.78 is 0. The van der Waals surface area contributed by atoms with E-state index in [0.29, 0.717) is 32.9 Å². The number of carbonyl (C=O) groups is 2. The maximum atomic E-state index is 12.6. The Balaban J connectivity index is 1.46. The number of rotatable bonds is 7. The number of hydrogen-bond donors (Lipinski definition) is 2. The normalized spacial score (nSPS) is 10.9. The fourth-order valence-electron chi connectivity index (χ4n) is 3.01. The van der Waals surface area contributed by atoms with Crippen molar-refractivity contribution >= 4 is 40.5 Å². The van der Waals surface area contributed by atoms with Gasteiger partial charge in [0.25, 0.3) is 11.6 Å². The molecule has 0 saturated heterocycles. The Morgan fingerprint density at radius 2 is 1.91 bits per heavy atom. The highest BCUT2D eigenvalue weighted by atomic mass is 32.1. The van der Waals surface area contributed by atoms with E-state index < -0.39 is 4.92 Å². The first kappa shape index (κ1) is 20.9. The molecule has 32 heavy (non-hydrogen) atoms. The summed E-state index contributed by atoms with van der Waals surface area (Å²) in [6.45, 7) is 0. The quantitative estimate of drug-likeness (QED) is 0.176. The number of nitrogens with zero attached hydrogens (tertiary/aromatic N) is 2. The number of amides is 1. The van der Waals surface area contributed by atoms with Gasteiger partial charge in [0.05, 0.1) is 21.7 Å². The number of anilines is 1. The Morgan fingerprint density at radius 3 is 2.62 bits per heavy atom. The molecule has 2 N–H and O–H groups in total. The van der Waals surface area contributed by atoms with Crippen LogP contribution in [0.1, 0.15) is 25.6 Å². The zero-order valence-electron chi connectivity index (χ0n) is 16.5. The van der Waals surface area contributed by atoms with E-state index in [2.05, 4.69) is 15.5 Å². The first-order chi connectivity index (χ1) is 15.5. The van der Waals surface area contributed by atoms with E-state index in [1.807, 2.05) is 5.38 Å². The summed E-state index contributed by atoms with van der Waals surface area (Å²) in [6, 6.07) is 16.3. The van der Waals surface area contributed by atoms with Crippen LogP contribution in [0, 0.1) is 10.1 Å². The maximum absolute atomic E-state index is 12.6. The highest BCUT2D eigenvalue weighted by Crippen LogP contribution is 2.26. The molecule has 1 amide bonds. The van der Waals surface area contributed by atoms with Crippen molar-refractivity contribution in [1.82, 2.24) is 10.2 Å². The SMILES string of the molecule is O=C(/C=C/c1cn[nH]c1-c1cccc([N+](=O)[O-])c1)c1ccc(NC(=O)c2cccs2)cc1. The lowest BCUT2D eigenvalue weighted by molar-refractivity contribution is -0.384. The number of aromatic amines is 1. The number of hydrogen-bond acceptors (Lipinski definition) is 6. The molecule has 0 aliphatic carbocycles. The molecule has 0 radical (unpaired) electrons. The lowest BCUT2D eigenvalue weighted by Crippen LogP contribution is -2.10. The third-order valence-electron chi connectivity index (χ3n) is 4.60. The van der Waals surface area contributed by atoms with Gasteiger partial charge in [-0.3, -0.25) is 24.8 Å². The van der Waals surface area contributed by atoms with Crippen molar-refractivity contribution in [3.63, 3.8) is 0 Å². The molecule has 0 aliphatic rings. The number of benzene rings is 2. The number of H-pyrrole nitrogens is 1. The number of aromatic nitrogens is 2. The maximum Gasteiger partial charge on any atom is 0.270 e. The highest BCUT2D eigenvalue weighted by Gasteiger charge is 2.12. The Morgan fingerprint density at radius 1 is 1.09 bits per heavy atom. The van der Waals surface area contributed by atoms with Crippen molar-refractivity contribution in [2.75, 3.05) is 5.32 Å². The molecule has 9 heteroatoms. The molecule has 4 aromatic rings. The van der Waals surface area contributed by atoms with Crippen LogP contribution in [0.3, 0.4) is 0 Å². The molecule has 0 spiro atoms. The van der Waals surface area contributed by atoms with Gasteiger partial charge in [0.1, 0.15) is 0 Å². The fourth-order valence-corrected chi connectivity index (χ4v) is 3.63. The van der Waals surface area contributed by atoms with E-state index >= 15 is 0 Å². The summed E-state index contributed by atoms with van der Waals surface area (Å²) in [4.78, 5) is 35.8. The summed E-state index contributed by atoms with van der Waals surface area (Å²) in [5, 5.41) is 22.4. The van der Waals surface area contributed by atoms with Crippen molar-refractivity contribution in [2.45, 2.75) is 0 Å². The summed E-state index contributed by atoms with van der Waals surface area (Å²) >= 11 is 1.35. The second-order valence-corrected chi connectivity index (χ2v) is 7.66. The lowest BCUT2D eigenvalue weighted by Gasteiger charge is -2.04. The van der Waals surface area contributed by atoms with Gasteiger partial charge in [-0.1, -0.05) is 18.2 Å². The Labute approximate surface area is 186 Å². The second-order valence-electron chi connectivity index (χ2n) is 6.71. The molecule has 0 atom stereocenters. The third kappa shape index (κ3) is 4.68. The minimum Gasteiger partial charge on any atom is -0.321 e. The number of nitro groups is 1. The van der Waals surface area contributed by atoms with Gasteiger partial charge in [-0.2, -0.15) is 5.10 Å². The van der Waals surface area contributed by atoms with Crippen molar-refractivity contribution in [3.05, 3.63) is 104 Å². The Bertz CT molecular complexity index is 1310. The summed E-state index contributed by atoms with van der Waals surface area (Å²) in [5.74, 6) is -0.431. The topological polar surface area (TPSA) is 118 Å². The van der Waals surface area contributed by atoms with E-state index in [-0.39, 0.29) is 17.4 Å². The lowest BCUT2D eigenvalue weighted by atomic mass is 10.1. The zero-order chi connectivity index (χ0) is 22.5. The van der Waals surface area contributed by atoms with Crippen LogP contribution in [-0.4, -0.2) is 26.8 Å². The number of nitrogens with one attached hydrogen (secondary N) is 2. The smallest absolute Gasteiger partial charge is 0.270 e. The number of thiophene rings is 1. The Kier molecular flexibility index (Phi) is 6.00. The average Bonchev–Trinajstić information content (AvgIpc) is 3.50. The van der Waals surface area contributed by atoms with Gasteiger partial charge < -0.3 is 5.32 Å². The van der Waals surface area contributed by atoms with Gasteiger partial charge >= 0.3 is 0 Å². The first-order valence-electron chi connectivity index (χ1n) is 9.47. The van der Waals surface area contributed by atoms with Crippen molar-refractivity contribution < 1.29 is 14.5 Å². The molecule has 2 aromatic carbocycles.